The van der Waals surface area contributed by atoms with E-state index in [0.717, 1.165) is 12.8 Å². The normalized spacial score (nSPS) is 18.3. The molecule has 0 aromatic heterocycles. The first-order valence-corrected chi connectivity index (χ1v) is 8.39. The SMILES string of the molecule is Cc1cc(F)c(N)cc1S(=O)(=O)N1CCC(N(C)C)CC1. The Morgan fingerprint density at radius 1 is 1.29 bits per heavy atom. The molecule has 0 amide bonds. The van der Waals surface area contributed by atoms with Crippen LogP contribution in [0.5, 0.6) is 0 Å². The first kappa shape index (κ1) is 16.2. The molecule has 5 nitrogen and oxygen atoms in total. The summed E-state index contributed by atoms with van der Waals surface area (Å²) in [6, 6.07) is 2.79. The zero-order chi connectivity index (χ0) is 15.8. The van der Waals surface area contributed by atoms with Crippen LogP contribution in [0.1, 0.15) is 18.4 Å². The Morgan fingerprint density at radius 2 is 1.86 bits per heavy atom. The highest BCUT2D eigenvalue weighted by atomic mass is 32.2. The quantitative estimate of drug-likeness (QED) is 0.857. The van der Waals surface area contributed by atoms with Crippen molar-refractivity contribution in [2.75, 3.05) is 32.9 Å². The molecule has 1 aliphatic heterocycles. The van der Waals surface area contributed by atoms with Crippen molar-refractivity contribution in [3.63, 3.8) is 0 Å². The second kappa shape index (κ2) is 5.90. The van der Waals surface area contributed by atoms with Crippen LogP contribution < -0.4 is 5.73 Å². The number of hydrogen-bond donors (Lipinski definition) is 1. The molecule has 7 heteroatoms. The zero-order valence-corrected chi connectivity index (χ0v) is 13.5. The number of rotatable bonds is 3. The number of aryl methyl sites for hydroxylation is 1. The molecule has 118 valence electrons. The van der Waals surface area contributed by atoms with Gasteiger partial charge in [0.25, 0.3) is 0 Å². The highest BCUT2D eigenvalue weighted by Crippen LogP contribution is 2.27. The third-order valence-corrected chi connectivity index (χ3v) is 6.11. The Hall–Kier alpha value is -1.18. The van der Waals surface area contributed by atoms with Crippen LogP contribution in [0.25, 0.3) is 0 Å². The molecule has 1 fully saturated rings. The second-order valence-corrected chi connectivity index (χ2v) is 7.64. The van der Waals surface area contributed by atoms with E-state index in [0.29, 0.717) is 24.7 Å². The molecular weight excluding hydrogens is 293 g/mol. The fraction of sp³-hybridized carbons (Fsp3) is 0.571. The number of sulfonamides is 1. The third kappa shape index (κ3) is 3.20. The number of anilines is 1. The summed E-state index contributed by atoms with van der Waals surface area (Å²) in [7, 11) is 0.386. The maximum atomic E-state index is 13.4. The number of hydrogen-bond acceptors (Lipinski definition) is 4. The van der Waals surface area contributed by atoms with Gasteiger partial charge in [0.2, 0.25) is 10.0 Å². The molecule has 0 atom stereocenters. The van der Waals surface area contributed by atoms with Gasteiger partial charge in [-0.15, -0.1) is 0 Å². The van der Waals surface area contributed by atoms with Gasteiger partial charge in [0.1, 0.15) is 5.82 Å². The largest absolute Gasteiger partial charge is 0.396 e. The molecule has 0 unspecified atom stereocenters. The van der Waals surface area contributed by atoms with Crippen LogP contribution in [0.4, 0.5) is 10.1 Å². The lowest BCUT2D eigenvalue weighted by Gasteiger charge is -2.34. The summed E-state index contributed by atoms with van der Waals surface area (Å²) in [5.74, 6) is -0.585. The van der Waals surface area contributed by atoms with Gasteiger partial charge in [-0.25, -0.2) is 12.8 Å². The highest BCUT2D eigenvalue weighted by Gasteiger charge is 2.31. The minimum Gasteiger partial charge on any atom is -0.396 e. The van der Waals surface area contributed by atoms with Crippen molar-refractivity contribution in [3.05, 3.63) is 23.5 Å². The number of benzene rings is 1. The molecule has 0 aliphatic carbocycles. The number of piperidine rings is 1. The van der Waals surface area contributed by atoms with Crippen molar-refractivity contribution < 1.29 is 12.8 Å². The fourth-order valence-electron chi connectivity index (χ4n) is 2.68. The molecule has 21 heavy (non-hydrogen) atoms. The van der Waals surface area contributed by atoms with Gasteiger partial charge in [0.15, 0.2) is 0 Å². The summed E-state index contributed by atoms with van der Waals surface area (Å²) in [5.41, 5.74) is 5.76. The van der Waals surface area contributed by atoms with Crippen LogP contribution in [0.15, 0.2) is 17.0 Å². The van der Waals surface area contributed by atoms with Crippen molar-refractivity contribution >= 4 is 15.7 Å². The van der Waals surface area contributed by atoms with E-state index >= 15 is 0 Å². The third-order valence-electron chi connectivity index (χ3n) is 4.07. The van der Waals surface area contributed by atoms with Gasteiger partial charge >= 0.3 is 0 Å². The summed E-state index contributed by atoms with van der Waals surface area (Å²) in [5, 5.41) is 0. The average Bonchev–Trinajstić information content (AvgIpc) is 2.42. The van der Waals surface area contributed by atoms with E-state index in [1.54, 1.807) is 6.92 Å². The Bertz CT molecular complexity index is 623. The predicted octanol–water partition coefficient (Wildman–Crippen LogP) is 1.43. The maximum absolute atomic E-state index is 13.4. The van der Waals surface area contributed by atoms with Crippen LogP contribution in [-0.2, 0) is 10.0 Å². The number of halogens is 1. The van der Waals surface area contributed by atoms with Crippen LogP contribution >= 0.6 is 0 Å². The monoisotopic (exact) mass is 315 g/mol. The minimum atomic E-state index is -3.61. The highest BCUT2D eigenvalue weighted by molar-refractivity contribution is 7.89. The topological polar surface area (TPSA) is 66.6 Å². The molecule has 1 aliphatic rings. The summed E-state index contributed by atoms with van der Waals surface area (Å²) < 4.78 is 40.2. The standard InChI is InChI=1S/C14H22FN3O2S/c1-10-8-12(15)13(16)9-14(10)21(19,20)18-6-4-11(5-7-18)17(2)3/h8-9,11H,4-7,16H2,1-3H3. The van der Waals surface area contributed by atoms with Gasteiger partial charge in [0.05, 0.1) is 10.6 Å². The Kier molecular flexibility index (Phi) is 4.55. The van der Waals surface area contributed by atoms with E-state index < -0.39 is 15.8 Å². The summed E-state index contributed by atoms with van der Waals surface area (Å²) in [6.07, 6.45) is 1.59. The lowest BCUT2D eigenvalue weighted by Crippen LogP contribution is -2.44. The van der Waals surface area contributed by atoms with Crippen molar-refractivity contribution in [3.8, 4) is 0 Å². The summed E-state index contributed by atoms with van der Waals surface area (Å²) in [4.78, 5) is 2.22. The first-order valence-electron chi connectivity index (χ1n) is 6.95. The van der Waals surface area contributed by atoms with Crippen molar-refractivity contribution in [2.24, 2.45) is 0 Å². The zero-order valence-electron chi connectivity index (χ0n) is 12.6. The van der Waals surface area contributed by atoms with Crippen molar-refractivity contribution in [1.29, 1.82) is 0 Å². The van der Waals surface area contributed by atoms with Crippen molar-refractivity contribution in [2.45, 2.75) is 30.7 Å². The van der Waals surface area contributed by atoms with Crippen LogP contribution in [0, 0.1) is 12.7 Å². The van der Waals surface area contributed by atoms with E-state index in [1.165, 1.54) is 16.4 Å². The van der Waals surface area contributed by atoms with Crippen LogP contribution in [0.3, 0.4) is 0 Å². The maximum Gasteiger partial charge on any atom is 0.243 e. The smallest absolute Gasteiger partial charge is 0.243 e. The molecule has 2 rings (SSSR count). The van der Waals surface area contributed by atoms with E-state index in [4.69, 9.17) is 5.73 Å². The van der Waals surface area contributed by atoms with Gasteiger partial charge < -0.3 is 10.6 Å². The molecule has 1 aromatic rings. The second-order valence-electron chi connectivity index (χ2n) is 5.74. The van der Waals surface area contributed by atoms with Crippen LogP contribution in [-0.4, -0.2) is 50.8 Å². The molecule has 2 N–H and O–H groups in total. The van der Waals surface area contributed by atoms with Gasteiger partial charge in [-0.2, -0.15) is 4.31 Å². The molecule has 0 bridgehead atoms. The van der Waals surface area contributed by atoms with Crippen LogP contribution in [0.2, 0.25) is 0 Å². The summed E-state index contributed by atoms with van der Waals surface area (Å²) >= 11 is 0. The number of nitrogen functional groups attached to an aromatic ring is 1. The van der Waals surface area contributed by atoms with E-state index in [1.807, 2.05) is 14.1 Å². The Balaban J connectivity index is 2.26. The summed E-state index contributed by atoms with van der Waals surface area (Å²) in [6.45, 7) is 2.53. The predicted molar refractivity (Wildman–Crippen MR) is 81.0 cm³/mol. The van der Waals surface area contributed by atoms with E-state index in [2.05, 4.69) is 4.90 Å². The van der Waals surface area contributed by atoms with Gasteiger partial charge in [-0.05, 0) is 51.6 Å². The lowest BCUT2D eigenvalue weighted by molar-refractivity contribution is 0.196. The van der Waals surface area contributed by atoms with Gasteiger partial charge in [0, 0.05) is 19.1 Å². The molecule has 0 saturated carbocycles. The number of nitrogens with zero attached hydrogens (tertiary/aromatic N) is 2. The van der Waals surface area contributed by atoms with E-state index in [9.17, 15) is 12.8 Å². The Labute approximate surface area is 125 Å². The Morgan fingerprint density at radius 3 is 2.38 bits per heavy atom. The number of nitrogens with two attached hydrogens (primary N) is 1. The fourth-order valence-corrected chi connectivity index (χ4v) is 4.40. The molecule has 1 heterocycles. The molecule has 0 spiro atoms. The van der Waals surface area contributed by atoms with E-state index in [-0.39, 0.29) is 10.6 Å². The molecule has 1 aromatic carbocycles. The molecule has 1 saturated heterocycles. The average molecular weight is 315 g/mol. The van der Waals surface area contributed by atoms with Crippen molar-refractivity contribution in [1.82, 2.24) is 9.21 Å². The molecular formula is C14H22FN3O2S. The minimum absolute atomic E-state index is 0.102. The van der Waals surface area contributed by atoms with Gasteiger partial charge in [-0.3, -0.25) is 0 Å². The van der Waals surface area contributed by atoms with Gasteiger partial charge in [-0.1, -0.05) is 0 Å². The molecule has 0 radical (unpaired) electrons. The first-order chi connectivity index (χ1) is 9.73. The lowest BCUT2D eigenvalue weighted by atomic mass is 10.1.